The number of aromatic hydroxyl groups is 2. The predicted molar refractivity (Wildman–Crippen MR) is 116 cm³/mol. The van der Waals surface area contributed by atoms with Crippen LogP contribution in [0.15, 0.2) is 26.9 Å². The van der Waals surface area contributed by atoms with Gasteiger partial charge in [0.15, 0.2) is 5.78 Å². The minimum absolute atomic E-state index is 0.0744. The van der Waals surface area contributed by atoms with Gasteiger partial charge in [-0.15, -0.1) is 0 Å². The van der Waals surface area contributed by atoms with Gasteiger partial charge in [0.05, 0.1) is 5.39 Å². The molecule has 5 nitrogen and oxygen atoms in total. The molecule has 0 spiro atoms. The van der Waals surface area contributed by atoms with Crippen molar-refractivity contribution in [3.63, 3.8) is 0 Å². The summed E-state index contributed by atoms with van der Waals surface area (Å²) in [6.45, 7) is 9.60. The average Bonchev–Trinajstić information content (AvgIpc) is 2.66. The molecule has 0 aliphatic heterocycles. The molecule has 2 aromatic rings. The Balaban J connectivity index is 2.88. The zero-order valence-corrected chi connectivity index (χ0v) is 18.1. The van der Waals surface area contributed by atoms with E-state index in [0.29, 0.717) is 35.8 Å². The highest BCUT2D eigenvalue weighted by atomic mass is 16.4. The molecule has 0 saturated carbocycles. The molecule has 158 valence electrons. The molecule has 1 aromatic carbocycles. The van der Waals surface area contributed by atoms with E-state index in [1.165, 1.54) is 6.07 Å². The molecular weight excluding hydrogens is 368 g/mol. The molecule has 29 heavy (non-hydrogen) atoms. The average molecular weight is 401 g/mol. The highest BCUT2D eigenvalue weighted by molar-refractivity contribution is 6.09. The van der Waals surface area contributed by atoms with E-state index in [1.54, 1.807) is 6.92 Å². The Morgan fingerprint density at radius 3 is 2.45 bits per heavy atom. The summed E-state index contributed by atoms with van der Waals surface area (Å²) in [6.07, 6.45) is 6.24. The maximum Gasteiger partial charge on any atom is 0.336 e. The van der Waals surface area contributed by atoms with Gasteiger partial charge >= 0.3 is 5.63 Å². The van der Waals surface area contributed by atoms with Gasteiger partial charge in [-0.25, -0.2) is 4.79 Å². The third-order valence-corrected chi connectivity index (χ3v) is 5.38. The third kappa shape index (κ3) is 4.89. The van der Waals surface area contributed by atoms with Crippen LogP contribution in [0.25, 0.3) is 11.0 Å². The lowest BCUT2D eigenvalue weighted by Crippen LogP contribution is -2.13. The normalized spacial score (nSPS) is 12.2. The Morgan fingerprint density at radius 1 is 1.17 bits per heavy atom. The summed E-state index contributed by atoms with van der Waals surface area (Å²) < 4.78 is 5.44. The van der Waals surface area contributed by atoms with Crippen molar-refractivity contribution in [3.05, 3.63) is 44.8 Å². The van der Waals surface area contributed by atoms with Crippen LogP contribution in [-0.2, 0) is 12.8 Å². The summed E-state index contributed by atoms with van der Waals surface area (Å²) in [5.41, 5.74) is 1.61. The van der Waals surface area contributed by atoms with Crippen molar-refractivity contribution in [2.75, 3.05) is 0 Å². The molecule has 1 atom stereocenters. The lowest BCUT2D eigenvalue weighted by molar-refractivity contribution is 0.0921. The summed E-state index contributed by atoms with van der Waals surface area (Å²) in [7, 11) is 0. The van der Waals surface area contributed by atoms with Crippen LogP contribution in [0.5, 0.6) is 11.5 Å². The SMILES string of the molecule is CCCCCc1cc(=O)oc2c(CC=C(C)C)c(O)c(C(=O)[C@H](C)CC)c(O)c12. The Hall–Kier alpha value is -2.56. The number of ketones is 1. The molecule has 0 saturated heterocycles. The van der Waals surface area contributed by atoms with E-state index in [0.717, 1.165) is 24.8 Å². The number of hydrogen-bond donors (Lipinski definition) is 2. The van der Waals surface area contributed by atoms with Crippen LogP contribution in [0, 0.1) is 5.92 Å². The van der Waals surface area contributed by atoms with E-state index in [4.69, 9.17) is 4.42 Å². The zero-order valence-electron chi connectivity index (χ0n) is 18.1. The predicted octanol–water partition coefficient (Wildman–Crippen LogP) is 5.67. The van der Waals surface area contributed by atoms with E-state index in [9.17, 15) is 19.8 Å². The maximum absolute atomic E-state index is 13.0. The molecule has 0 amide bonds. The number of unbranched alkanes of at least 4 members (excludes halogenated alkanes) is 2. The summed E-state index contributed by atoms with van der Waals surface area (Å²) in [4.78, 5) is 25.2. The zero-order chi connectivity index (χ0) is 21.7. The summed E-state index contributed by atoms with van der Waals surface area (Å²) in [6, 6.07) is 1.39. The van der Waals surface area contributed by atoms with Crippen molar-refractivity contribution >= 4 is 16.8 Å². The van der Waals surface area contributed by atoms with Crippen LogP contribution < -0.4 is 5.63 Å². The smallest absolute Gasteiger partial charge is 0.336 e. The van der Waals surface area contributed by atoms with Gasteiger partial charge in [-0.05, 0) is 45.1 Å². The molecule has 0 radical (unpaired) electrons. The van der Waals surface area contributed by atoms with Gasteiger partial charge in [-0.2, -0.15) is 0 Å². The molecule has 0 aliphatic carbocycles. The van der Waals surface area contributed by atoms with Gasteiger partial charge in [-0.1, -0.05) is 45.3 Å². The molecule has 1 heterocycles. The lowest BCUT2D eigenvalue weighted by Gasteiger charge is -2.18. The first-order valence-corrected chi connectivity index (χ1v) is 10.4. The third-order valence-electron chi connectivity index (χ3n) is 5.38. The number of benzene rings is 1. The number of carbonyl (C=O) groups is 1. The highest BCUT2D eigenvalue weighted by Crippen LogP contribution is 2.42. The van der Waals surface area contributed by atoms with Crippen LogP contribution in [-0.4, -0.2) is 16.0 Å². The Kier molecular flexibility index (Phi) is 7.66. The number of hydrogen-bond acceptors (Lipinski definition) is 5. The monoisotopic (exact) mass is 400 g/mol. The number of allylic oxidation sites excluding steroid dienone is 2. The first kappa shape index (κ1) is 22.7. The first-order valence-electron chi connectivity index (χ1n) is 10.4. The second-order valence-electron chi connectivity index (χ2n) is 7.96. The van der Waals surface area contributed by atoms with Gasteiger partial charge in [0.1, 0.15) is 22.6 Å². The van der Waals surface area contributed by atoms with Crippen LogP contribution in [0.2, 0.25) is 0 Å². The molecule has 5 heteroatoms. The Labute approximate surface area is 172 Å². The van der Waals surface area contributed by atoms with Gasteiger partial charge in [-0.3, -0.25) is 4.79 Å². The number of rotatable bonds is 9. The van der Waals surface area contributed by atoms with Crippen molar-refractivity contribution in [1.29, 1.82) is 0 Å². The van der Waals surface area contributed by atoms with Crippen LogP contribution >= 0.6 is 0 Å². The molecule has 2 rings (SSSR count). The number of carbonyl (C=O) groups excluding carboxylic acids is 1. The van der Waals surface area contributed by atoms with Crippen molar-refractivity contribution in [2.24, 2.45) is 5.92 Å². The number of Topliss-reactive ketones (excluding diaryl/α,β-unsaturated/α-hetero) is 1. The largest absolute Gasteiger partial charge is 0.507 e. The minimum atomic E-state index is -0.526. The molecule has 0 bridgehead atoms. The quantitative estimate of drug-likeness (QED) is 0.245. The standard InChI is InChI=1S/C24H32O5/c1-6-8-9-10-16-13-18(25)29-24-17(12-11-14(3)4)22(27)20(23(28)19(16)24)21(26)15(5)7-2/h11,13,15,27-28H,6-10,12H2,1-5H3/t15-/m1/s1. The van der Waals surface area contributed by atoms with Crippen molar-refractivity contribution in [3.8, 4) is 11.5 Å². The summed E-state index contributed by atoms with van der Waals surface area (Å²) in [5.74, 6) is -1.25. The summed E-state index contributed by atoms with van der Waals surface area (Å²) in [5, 5.41) is 22.3. The fourth-order valence-corrected chi connectivity index (χ4v) is 3.43. The van der Waals surface area contributed by atoms with Crippen molar-refractivity contribution in [2.45, 2.75) is 73.1 Å². The van der Waals surface area contributed by atoms with E-state index in [1.807, 2.05) is 26.8 Å². The first-order chi connectivity index (χ1) is 13.7. The molecule has 0 aliphatic rings. The van der Waals surface area contributed by atoms with Gasteiger partial charge < -0.3 is 14.6 Å². The number of aryl methyl sites for hydroxylation is 1. The van der Waals surface area contributed by atoms with E-state index in [2.05, 4.69) is 6.92 Å². The van der Waals surface area contributed by atoms with E-state index >= 15 is 0 Å². The fourth-order valence-electron chi connectivity index (χ4n) is 3.43. The fraction of sp³-hybridized carbons (Fsp3) is 0.500. The minimum Gasteiger partial charge on any atom is -0.507 e. The summed E-state index contributed by atoms with van der Waals surface area (Å²) >= 11 is 0. The molecule has 1 aromatic heterocycles. The lowest BCUT2D eigenvalue weighted by atomic mass is 9.89. The molecular formula is C24H32O5. The number of phenols is 2. The number of fused-ring (bicyclic) bond motifs is 1. The second-order valence-corrected chi connectivity index (χ2v) is 7.96. The Bertz CT molecular complexity index is 977. The Morgan fingerprint density at radius 2 is 1.86 bits per heavy atom. The highest BCUT2D eigenvalue weighted by Gasteiger charge is 2.28. The molecule has 0 unspecified atom stereocenters. The van der Waals surface area contributed by atoms with Gasteiger partial charge in [0, 0.05) is 17.5 Å². The number of phenolic OH excluding ortho intramolecular Hbond substituents is 2. The van der Waals surface area contributed by atoms with Crippen molar-refractivity contribution < 1.29 is 19.4 Å². The topological polar surface area (TPSA) is 87.7 Å². The van der Waals surface area contributed by atoms with Crippen molar-refractivity contribution in [1.82, 2.24) is 0 Å². The molecule has 2 N–H and O–H groups in total. The van der Waals surface area contributed by atoms with E-state index < -0.39 is 5.63 Å². The molecule has 0 fully saturated rings. The van der Waals surface area contributed by atoms with Gasteiger partial charge in [0.2, 0.25) is 0 Å². The second kappa shape index (κ2) is 9.77. The maximum atomic E-state index is 13.0. The van der Waals surface area contributed by atoms with Crippen LogP contribution in [0.1, 0.15) is 81.8 Å². The van der Waals surface area contributed by atoms with Gasteiger partial charge in [0.25, 0.3) is 0 Å². The van der Waals surface area contributed by atoms with Crippen LogP contribution in [0.4, 0.5) is 0 Å². The van der Waals surface area contributed by atoms with E-state index in [-0.39, 0.29) is 34.3 Å². The van der Waals surface area contributed by atoms with Crippen LogP contribution in [0.3, 0.4) is 0 Å².